The van der Waals surface area contributed by atoms with Crippen molar-refractivity contribution in [3.63, 3.8) is 0 Å². The third-order valence-electron chi connectivity index (χ3n) is 15.0. The van der Waals surface area contributed by atoms with Crippen molar-refractivity contribution in [2.45, 2.75) is 0 Å². The number of nitriles is 1. The molecule has 0 N–H and O–H groups in total. The fourth-order valence-corrected chi connectivity index (χ4v) is 12.3. The molecule has 0 unspecified atom stereocenters. The lowest BCUT2D eigenvalue weighted by molar-refractivity contribution is 1.18. The molecule has 0 aliphatic rings. The Morgan fingerprint density at radius 1 is 0.343 bits per heavy atom. The third kappa shape index (κ3) is 5.17. The van der Waals surface area contributed by atoms with Gasteiger partial charge in [-0.2, -0.15) is 5.26 Å². The van der Waals surface area contributed by atoms with E-state index in [1.54, 1.807) is 0 Å². The van der Waals surface area contributed by atoms with Gasteiger partial charge in [-0.1, -0.05) is 158 Å². The Kier molecular flexibility index (Phi) is 7.88. The highest BCUT2D eigenvalue weighted by molar-refractivity contribution is 6.32. The van der Waals surface area contributed by atoms with Gasteiger partial charge in [-0.15, -0.1) is 0 Å². The third-order valence-corrected chi connectivity index (χ3v) is 15.0. The lowest BCUT2D eigenvalue weighted by atomic mass is 9.82. The number of rotatable bonds is 5. The number of nitrogens with zero attached hydrogens (tertiary/aromatic N) is 4. The van der Waals surface area contributed by atoms with Crippen LogP contribution in [0.15, 0.2) is 218 Å². The first kappa shape index (κ1) is 38.4. The number of benzene rings is 13. The molecule has 0 saturated heterocycles. The van der Waals surface area contributed by atoms with E-state index in [2.05, 4.69) is 202 Å². The van der Waals surface area contributed by atoms with Crippen LogP contribution in [0.5, 0.6) is 0 Å². The van der Waals surface area contributed by atoms with E-state index in [1.165, 1.54) is 98.0 Å². The van der Waals surface area contributed by atoms with Gasteiger partial charge in [0.05, 0.1) is 34.8 Å². The molecule has 0 fully saturated rings. The van der Waals surface area contributed by atoms with Crippen molar-refractivity contribution in [2.24, 2.45) is 0 Å². The van der Waals surface area contributed by atoms with Crippen LogP contribution in [0, 0.1) is 17.9 Å². The van der Waals surface area contributed by atoms with E-state index in [9.17, 15) is 5.26 Å². The minimum atomic E-state index is 0.639. The Hall–Kier alpha value is -9.74. The zero-order valence-corrected chi connectivity index (χ0v) is 37.6. The normalized spacial score (nSPS) is 12.0. The van der Waals surface area contributed by atoms with Crippen molar-refractivity contribution in [3.8, 4) is 50.8 Å². The molecule has 0 aliphatic heterocycles. The summed E-state index contributed by atoms with van der Waals surface area (Å²) >= 11 is 0. The predicted octanol–water partition coefficient (Wildman–Crippen LogP) is 17.9. The molecule has 13 aromatic carbocycles. The average Bonchev–Trinajstić information content (AvgIpc) is 3.95. The van der Waals surface area contributed by atoms with Crippen molar-refractivity contribution >= 4 is 103 Å². The molecule has 2 aromatic heterocycles. The molecule has 0 aliphatic carbocycles. The summed E-state index contributed by atoms with van der Waals surface area (Å²) in [4.78, 5) is 3.88. The van der Waals surface area contributed by atoms with Crippen LogP contribution >= 0.6 is 0 Å². The second-order valence-corrected chi connectivity index (χ2v) is 18.5. The maximum Gasteiger partial charge on any atom is 0.189 e. The van der Waals surface area contributed by atoms with Crippen LogP contribution in [0.2, 0.25) is 0 Å². The molecule has 0 atom stereocenters. The predicted molar refractivity (Wildman–Crippen MR) is 292 cm³/mol. The second-order valence-electron chi connectivity index (χ2n) is 18.5. The number of hydrogen-bond donors (Lipinski definition) is 0. The summed E-state index contributed by atoms with van der Waals surface area (Å²) < 4.78 is 4.64. The van der Waals surface area contributed by atoms with Crippen molar-refractivity contribution in [2.75, 3.05) is 0 Å². The minimum Gasteiger partial charge on any atom is -0.310 e. The van der Waals surface area contributed by atoms with Crippen molar-refractivity contribution in [3.05, 3.63) is 235 Å². The Morgan fingerprint density at radius 2 is 0.757 bits per heavy atom. The highest BCUT2D eigenvalue weighted by Gasteiger charge is 2.25. The second kappa shape index (κ2) is 14.4. The lowest BCUT2D eigenvalue weighted by Crippen LogP contribution is -1.94. The van der Waals surface area contributed by atoms with E-state index in [0.717, 1.165) is 44.2 Å². The summed E-state index contributed by atoms with van der Waals surface area (Å²) in [7, 11) is 0. The summed E-state index contributed by atoms with van der Waals surface area (Å²) in [6.45, 7) is 7.94. The molecular weight excluding hydrogens is 849 g/mol. The van der Waals surface area contributed by atoms with E-state index >= 15 is 0 Å². The lowest BCUT2D eigenvalue weighted by Gasteiger charge is -2.21. The van der Waals surface area contributed by atoms with Crippen LogP contribution < -0.4 is 0 Å². The Bertz CT molecular complexity index is 4710. The molecule has 15 rings (SSSR count). The molecule has 4 nitrogen and oxygen atoms in total. The first-order valence-electron chi connectivity index (χ1n) is 23.7. The topological polar surface area (TPSA) is 38.0 Å². The van der Waals surface area contributed by atoms with Gasteiger partial charge in [0.15, 0.2) is 5.69 Å². The smallest absolute Gasteiger partial charge is 0.189 e. The van der Waals surface area contributed by atoms with Crippen molar-refractivity contribution in [1.29, 1.82) is 5.26 Å². The van der Waals surface area contributed by atoms with Crippen LogP contribution in [0.1, 0.15) is 5.56 Å². The number of fused-ring (bicyclic) bond motifs is 3. The minimum absolute atomic E-state index is 0.639. The van der Waals surface area contributed by atoms with Gasteiger partial charge < -0.3 is 9.13 Å². The van der Waals surface area contributed by atoms with Crippen LogP contribution in [-0.4, -0.2) is 9.13 Å². The fourth-order valence-electron chi connectivity index (χ4n) is 12.3. The average molecular weight is 885 g/mol. The monoisotopic (exact) mass is 884 g/mol. The largest absolute Gasteiger partial charge is 0.310 e. The van der Waals surface area contributed by atoms with Crippen LogP contribution in [0.4, 0.5) is 5.69 Å². The molecule has 15 aromatic rings. The zero-order valence-electron chi connectivity index (χ0n) is 37.6. The summed E-state index contributed by atoms with van der Waals surface area (Å²) in [5.41, 5.74) is 15.0. The van der Waals surface area contributed by atoms with E-state index < -0.39 is 0 Å². The zero-order chi connectivity index (χ0) is 46.2. The summed E-state index contributed by atoms with van der Waals surface area (Å²) in [6, 6.07) is 81.1. The van der Waals surface area contributed by atoms with Gasteiger partial charge in [-0.3, -0.25) is 0 Å². The van der Waals surface area contributed by atoms with Gasteiger partial charge >= 0.3 is 0 Å². The van der Waals surface area contributed by atoms with E-state index in [4.69, 9.17) is 6.57 Å². The number of para-hydroxylation sites is 2. The molecule has 0 bridgehead atoms. The first-order valence-corrected chi connectivity index (χ1v) is 23.7. The molecule has 0 saturated carbocycles. The summed E-state index contributed by atoms with van der Waals surface area (Å²) in [5.74, 6) is 0. The molecule has 0 amide bonds. The molecule has 4 heteroatoms. The SMILES string of the molecule is [C-]#[N+]c1cc2ccc3c(-c4ccc(-c5c6ccccc6c(-c6ccc7c8c6ccc6cc(C#N)cc(c68)n7-c6ccccc6)c6ccccc56)c5ccccc45)ccc4c3c2c(c1)n4-c1ccccc1. The molecule has 70 heavy (non-hydrogen) atoms. The van der Waals surface area contributed by atoms with Gasteiger partial charge in [-0.05, 0) is 148 Å². The van der Waals surface area contributed by atoms with Gasteiger partial charge in [0.1, 0.15) is 0 Å². The number of hydrogen-bond acceptors (Lipinski definition) is 1. The summed E-state index contributed by atoms with van der Waals surface area (Å²) in [6.07, 6.45) is 0. The van der Waals surface area contributed by atoms with Gasteiger partial charge in [0.2, 0.25) is 0 Å². The standard InChI is InChI=1S/C66H36N4/c1-68-42-36-41-25-26-54-48(30-32-57-65(54)62(41)60(37-42)70(57)44-16-6-3-7-17-44)47-28-29-53(46-19-9-8-18-45(46)47)63-49-20-10-12-22-51(49)64(52-23-13-11-21-50(52)63)55-31-33-58-66-56(55)27-24-40-34-39(38-67)35-59(61(40)66)69(58)43-14-4-2-5-15-43/h2-37H. The maximum atomic E-state index is 10.1. The Morgan fingerprint density at radius 3 is 1.30 bits per heavy atom. The van der Waals surface area contributed by atoms with Crippen LogP contribution in [0.3, 0.4) is 0 Å². The fraction of sp³-hybridized carbons (Fsp3) is 0. The summed E-state index contributed by atoms with van der Waals surface area (Å²) in [5, 5.41) is 26.6. The van der Waals surface area contributed by atoms with Crippen molar-refractivity contribution < 1.29 is 0 Å². The molecule has 0 spiro atoms. The van der Waals surface area contributed by atoms with E-state index in [0.29, 0.717) is 11.3 Å². The molecule has 0 radical (unpaired) electrons. The number of aromatic nitrogens is 2. The highest BCUT2D eigenvalue weighted by atomic mass is 15.0. The van der Waals surface area contributed by atoms with Gasteiger partial charge in [-0.25, -0.2) is 4.85 Å². The molecular formula is C66H36N4. The van der Waals surface area contributed by atoms with E-state index in [-0.39, 0.29) is 0 Å². The van der Waals surface area contributed by atoms with Gasteiger partial charge in [0, 0.05) is 38.4 Å². The van der Waals surface area contributed by atoms with Gasteiger partial charge in [0.25, 0.3) is 0 Å². The maximum absolute atomic E-state index is 10.1. The quantitative estimate of drug-likeness (QED) is 0.0964. The first-order chi connectivity index (χ1) is 34.7. The Labute approximate surface area is 401 Å². The highest BCUT2D eigenvalue weighted by Crippen LogP contribution is 2.51. The van der Waals surface area contributed by atoms with Crippen molar-refractivity contribution in [1.82, 2.24) is 9.13 Å². The molecule has 2 heterocycles. The Balaban J connectivity index is 0.973. The van der Waals surface area contributed by atoms with Crippen LogP contribution in [0.25, 0.3) is 147 Å². The van der Waals surface area contributed by atoms with Crippen LogP contribution in [-0.2, 0) is 0 Å². The molecule has 320 valence electrons. The van der Waals surface area contributed by atoms with E-state index in [1.807, 2.05) is 36.4 Å².